The van der Waals surface area contributed by atoms with Gasteiger partial charge in [0.1, 0.15) is 5.82 Å². The number of guanidine groups is 1. The van der Waals surface area contributed by atoms with E-state index >= 15 is 0 Å². The largest absolute Gasteiger partial charge is 0.478 e. The Labute approximate surface area is 148 Å². The zero-order valence-corrected chi connectivity index (χ0v) is 15.1. The van der Waals surface area contributed by atoms with E-state index in [0.29, 0.717) is 30.6 Å². The zero-order chi connectivity index (χ0) is 18.2. The first-order valence-corrected chi connectivity index (χ1v) is 8.35. The van der Waals surface area contributed by atoms with Gasteiger partial charge in [0.05, 0.1) is 12.6 Å². The van der Waals surface area contributed by atoms with Crippen LogP contribution < -0.4 is 15.4 Å². The van der Waals surface area contributed by atoms with Crippen LogP contribution >= 0.6 is 0 Å². The fourth-order valence-corrected chi connectivity index (χ4v) is 2.37. The highest BCUT2D eigenvalue weighted by Crippen LogP contribution is 2.17. The number of rotatable bonds is 6. The smallest absolute Gasteiger partial charge is 0.218 e. The molecule has 1 heterocycles. The second kappa shape index (κ2) is 9.01. The van der Waals surface area contributed by atoms with Gasteiger partial charge in [0.25, 0.3) is 0 Å². The second-order valence-electron chi connectivity index (χ2n) is 5.70. The van der Waals surface area contributed by atoms with Gasteiger partial charge in [0.15, 0.2) is 5.96 Å². The number of benzene rings is 1. The van der Waals surface area contributed by atoms with Gasteiger partial charge in [-0.1, -0.05) is 18.2 Å². The predicted octanol–water partition coefficient (Wildman–Crippen LogP) is 3.35. The fraction of sp³-hybridized carbons (Fsp3) is 0.368. The predicted molar refractivity (Wildman–Crippen MR) is 98.3 cm³/mol. The molecule has 6 heteroatoms. The first kappa shape index (κ1) is 18.7. The van der Waals surface area contributed by atoms with Crippen molar-refractivity contribution in [1.82, 2.24) is 15.6 Å². The topological polar surface area (TPSA) is 58.5 Å². The molecule has 0 saturated carbocycles. The fourth-order valence-electron chi connectivity index (χ4n) is 2.37. The van der Waals surface area contributed by atoms with Gasteiger partial charge in [0, 0.05) is 25.4 Å². The van der Waals surface area contributed by atoms with E-state index in [-0.39, 0.29) is 11.9 Å². The molecular weight excluding hydrogens is 319 g/mol. The summed E-state index contributed by atoms with van der Waals surface area (Å²) in [5.41, 5.74) is 2.45. The Hall–Kier alpha value is -2.63. The summed E-state index contributed by atoms with van der Waals surface area (Å²) >= 11 is 0. The van der Waals surface area contributed by atoms with Crippen LogP contribution in [0, 0.1) is 12.7 Å². The van der Waals surface area contributed by atoms with Crippen molar-refractivity contribution in [1.29, 1.82) is 0 Å². The SMILES string of the molecule is CCOc1ncccc1CNC(=NC)NC(C)c1ccc(C)c(F)c1. The van der Waals surface area contributed by atoms with E-state index in [1.165, 1.54) is 0 Å². The normalized spacial score (nSPS) is 12.6. The molecule has 0 aliphatic rings. The van der Waals surface area contributed by atoms with Crippen molar-refractivity contribution in [2.45, 2.75) is 33.4 Å². The van der Waals surface area contributed by atoms with E-state index < -0.39 is 0 Å². The summed E-state index contributed by atoms with van der Waals surface area (Å²) in [4.78, 5) is 8.46. The molecule has 2 aromatic rings. The third kappa shape index (κ3) is 5.17. The molecule has 0 spiro atoms. The summed E-state index contributed by atoms with van der Waals surface area (Å²) in [5.74, 6) is 1.03. The summed E-state index contributed by atoms with van der Waals surface area (Å²) in [5, 5.41) is 6.50. The van der Waals surface area contributed by atoms with Gasteiger partial charge in [-0.3, -0.25) is 4.99 Å². The summed E-state index contributed by atoms with van der Waals surface area (Å²) in [6, 6.07) is 8.99. The Balaban J connectivity index is 2.00. The highest BCUT2D eigenvalue weighted by molar-refractivity contribution is 5.80. The van der Waals surface area contributed by atoms with Crippen LogP contribution in [0.1, 0.15) is 36.6 Å². The first-order chi connectivity index (χ1) is 12.0. The van der Waals surface area contributed by atoms with Crippen LogP contribution in [0.2, 0.25) is 0 Å². The molecule has 0 saturated heterocycles. The number of ether oxygens (including phenoxy) is 1. The zero-order valence-electron chi connectivity index (χ0n) is 15.1. The van der Waals surface area contributed by atoms with Crippen molar-refractivity contribution in [2.75, 3.05) is 13.7 Å². The Kier molecular flexibility index (Phi) is 6.74. The monoisotopic (exact) mass is 344 g/mol. The van der Waals surface area contributed by atoms with Gasteiger partial charge < -0.3 is 15.4 Å². The van der Waals surface area contributed by atoms with Crippen LogP contribution in [0.3, 0.4) is 0 Å². The first-order valence-electron chi connectivity index (χ1n) is 8.35. The van der Waals surface area contributed by atoms with Crippen LogP contribution in [-0.4, -0.2) is 24.6 Å². The summed E-state index contributed by atoms with van der Waals surface area (Å²) in [6.45, 7) is 6.73. The maximum atomic E-state index is 13.8. The van der Waals surface area contributed by atoms with E-state index in [9.17, 15) is 4.39 Å². The standard InChI is InChI=1S/C19H25FN4O/c1-5-25-18-16(7-6-10-22-18)12-23-19(21-4)24-14(3)15-9-8-13(2)17(20)11-15/h6-11,14H,5,12H2,1-4H3,(H2,21,23,24). The van der Waals surface area contributed by atoms with Crippen LogP contribution in [0.4, 0.5) is 4.39 Å². The number of halogens is 1. The highest BCUT2D eigenvalue weighted by Gasteiger charge is 2.11. The van der Waals surface area contributed by atoms with E-state index in [1.54, 1.807) is 32.3 Å². The molecule has 0 aliphatic carbocycles. The number of pyridine rings is 1. The van der Waals surface area contributed by atoms with Crippen LogP contribution in [0.25, 0.3) is 0 Å². The lowest BCUT2D eigenvalue weighted by Crippen LogP contribution is -2.38. The Morgan fingerprint density at radius 1 is 1.36 bits per heavy atom. The molecule has 134 valence electrons. The Bertz CT molecular complexity index is 733. The van der Waals surface area contributed by atoms with Gasteiger partial charge in [-0.2, -0.15) is 0 Å². The number of nitrogens with one attached hydrogen (secondary N) is 2. The summed E-state index contributed by atoms with van der Waals surface area (Å²) < 4.78 is 19.3. The molecule has 25 heavy (non-hydrogen) atoms. The Morgan fingerprint density at radius 3 is 2.84 bits per heavy atom. The van der Waals surface area contributed by atoms with E-state index in [1.807, 2.05) is 32.0 Å². The molecule has 5 nitrogen and oxygen atoms in total. The second-order valence-corrected chi connectivity index (χ2v) is 5.70. The minimum Gasteiger partial charge on any atom is -0.478 e. The van der Waals surface area contributed by atoms with E-state index in [0.717, 1.165) is 11.1 Å². The summed E-state index contributed by atoms with van der Waals surface area (Å²) in [7, 11) is 1.70. The molecule has 1 atom stereocenters. The molecule has 1 aromatic heterocycles. The molecule has 0 fully saturated rings. The average Bonchev–Trinajstić information content (AvgIpc) is 2.62. The van der Waals surface area contributed by atoms with Gasteiger partial charge in [-0.25, -0.2) is 9.37 Å². The maximum absolute atomic E-state index is 13.8. The van der Waals surface area contributed by atoms with Gasteiger partial charge in [-0.05, 0) is 44.0 Å². The molecule has 0 radical (unpaired) electrons. The van der Waals surface area contributed by atoms with Crippen molar-refractivity contribution < 1.29 is 9.13 Å². The third-order valence-electron chi connectivity index (χ3n) is 3.85. The molecule has 2 rings (SSSR count). The quantitative estimate of drug-likeness (QED) is 0.623. The minimum absolute atomic E-state index is 0.0819. The number of hydrogen-bond donors (Lipinski definition) is 2. The van der Waals surface area contributed by atoms with Gasteiger partial charge in [-0.15, -0.1) is 0 Å². The molecule has 0 amide bonds. The average molecular weight is 344 g/mol. The Morgan fingerprint density at radius 2 is 2.16 bits per heavy atom. The molecule has 0 aliphatic heterocycles. The number of aromatic nitrogens is 1. The van der Waals surface area contributed by atoms with Crippen LogP contribution in [0.5, 0.6) is 5.88 Å². The lowest BCUT2D eigenvalue weighted by atomic mass is 10.1. The van der Waals surface area contributed by atoms with Crippen molar-refractivity contribution in [3.63, 3.8) is 0 Å². The molecule has 1 aromatic carbocycles. The van der Waals surface area contributed by atoms with Crippen LogP contribution in [-0.2, 0) is 6.54 Å². The minimum atomic E-state index is -0.203. The van der Waals surface area contributed by atoms with Crippen molar-refractivity contribution in [3.05, 3.63) is 59.0 Å². The highest BCUT2D eigenvalue weighted by atomic mass is 19.1. The summed E-state index contributed by atoms with van der Waals surface area (Å²) in [6.07, 6.45) is 1.70. The van der Waals surface area contributed by atoms with E-state index in [4.69, 9.17) is 4.74 Å². The van der Waals surface area contributed by atoms with Gasteiger partial charge in [0.2, 0.25) is 5.88 Å². The molecule has 1 unspecified atom stereocenters. The molecule has 0 bridgehead atoms. The molecule has 2 N–H and O–H groups in total. The van der Waals surface area contributed by atoms with E-state index in [2.05, 4.69) is 20.6 Å². The number of aliphatic imine (C=N–C) groups is 1. The lowest BCUT2D eigenvalue weighted by molar-refractivity contribution is 0.322. The lowest BCUT2D eigenvalue weighted by Gasteiger charge is -2.19. The maximum Gasteiger partial charge on any atom is 0.218 e. The molecular formula is C19H25FN4O. The van der Waals surface area contributed by atoms with Crippen molar-refractivity contribution in [3.8, 4) is 5.88 Å². The van der Waals surface area contributed by atoms with Crippen molar-refractivity contribution >= 4 is 5.96 Å². The number of aryl methyl sites for hydroxylation is 1. The van der Waals surface area contributed by atoms with Crippen LogP contribution in [0.15, 0.2) is 41.5 Å². The van der Waals surface area contributed by atoms with Crippen molar-refractivity contribution in [2.24, 2.45) is 4.99 Å². The number of nitrogens with zero attached hydrogens (tertiary/aromatic N) is 2. The third-order valence-corrected chi connectivity index (χ3v) is 3.85. The number of hydrogen-bond acceptors (Lipinski definition) is 3. The van der Waals surface area contributed by atoms with Gasteiger partial charge >= 0.3 is 0 Å².